The average molecular weight is 578 g/mol. The van der Waals surface area contributed by atoms with E-state index in [0.717, 1.165) is 40.0 Å². The molecule has 2 heterocycles. The number of likely N-dealkylation sites (tertiary alicyclic amines) is 1. The molecule has 0 unspecified atom stereocenters. The van der Waals surface area contributed by atoms with E-state index in [1.807, 2.05) is 7.05 Å². The number of hydrogen-bond donors (Lipinski definition) is 1. The Labute approximate surface area is 208 Å². The maximum atomic E-state index is 13.1. The number of nitrogens with zero attached hydrogens (tertiary/aromatic N) is 1. The fourth-order valence-corrected chi connectivity index (χ4v) is 8.02. The van der Waals surface area contributed by atoms with Crippen molar-refractivity contribution >= 4 is 66.3 Å². The second-order valence-corrected chi connectivity index (χ2v) is 12.9. The average Bonchev–Trinajstić information content (AvgIpc) is 3.32. The standard InChI is InChI=1S/C21H19BrClFN2O3S3/c1-26-9-8-15(12-26)29-19-10-14(4-7-18(19)23)25-32(27,28)20-11-17(22)21(31-20)30-16-5-2-13(24)3-6-16/h2-7,10-11,15,25H,8-9,12H2,1H3/t15-/m1/s1. The summed E-state index contributed by atoms with van der Waals surface area (Å²) in [4.78, 5) is 2.98. The molecule has 1 aliphatic rings. The number of nitrogens with one attached hydrogen (secondary N) is 1. The molecule has 0 saturated carbocycles. The fraction of sp³-hybridized carbons (Fsp3) is 0.238. The van der Waals surface area contributed by atoms with E-state index in [2.05, 4.69) is 25.6 Å². The molecule has 0 radical (unpaired) electrons. The van der Waals surface area contributed by atoms with E-state index >= 15 is 0 Å². The van der Waals surface area contributed by atoms with Gasteiger partial charge >= 0.3 is 0 Å². The Balaban J connectivity index is 1.50. The highest BCUT2D eigenvalue weighted by atomic mass is 79.9. The minimum Gasteiger partial charge on any atom is -0.487 e. The number of hydrogen-bond acceptors (Lipinski definition) is 6. The lowest BCUT2D eigenvalue weighted by atomic mass is 10.3. The lowest BCUT2D eigenvalue weighted by Crippen LogP contribution is -2.21. The van der Waals surface area contributed by atoms with Crippen molar-refractivity contribution in [2.75, 3.05) is 24.9 Å². The van der Waals surface area contributed by atoms with Crippen LogP contribution in [0, 0.1) is 5.82 Å². The molecule has 32 heavy (non-hydrogen) atoms. The molecule has 5 nitrogen and oxygen atoms in total. The molecule has 1 aliphatic heterocycles. The van der Waals surface area contributed by atoms with Crippen LogP contribution in [0.3, 0.4) is 0 Å². The molecule has 3 aromatic rings. The Morgan fingerprint density at radius 3 is 2.69 bits per heavy atom. The molecular weight excluding hydrogens is 559 g/mol. The predicted molar refractivity (Wildman–Crippen MR) is 131 cm³/mol. The van der Waals surface area contributed by atoms with Gasteiger partial charge in [0.15, 0.2) is 0 Å². The number of likely N-dealkylation sites (N-methyl/N-ethyl adjacent to an activating group) is 1. The zero-order valence-electron chi connectivity index (χ0n) is 16.8. The van der Waals surface area contributed by atoms with Gasteiger partial charge in [-0.05, 0) is 71.9 Å². The van der Waals surface area contributed by atoms with Crippen molar-refractivity contribution in [2.45, 2.75) is 25.8 Å². The number of halogens is 3. The number of benzene rings is 2. The van der Waals surface area contributed by atoms with Gasteiger partial charge < -0.3 is 9.64 Å². The topological polar surface area (TPSA) is 58.6 Å². The maximum Gasteiger partial charge on any atom is 0.271 e. The Morgan fingerprint density at radius 2 is 2.00 bits per heavy atom. The summed E-state index contributed by atoms with van der Waals surface area (Å²) < 4.78 is 49.3. The summed E-state index contributed by atoms with van der Waals surface area (Å²) in [5.41, 5.74) is 0.369. The van der Waals surface area contributed by atoms with Crippen molar-refractivity contribution in [2.24, 2.45) is 0 Å². The summed E-state index contributed by atoms with van der Waals surface area (Å²) in [5, 5.41) is 0.430. The fourth-order valence-electron chi connectivity index (χ4n) is 3.18. The number of rotatable bonds is 7. The summed E-state index contributed by atoms with van der Waals surface area (Å²) in [6, 6.07) is 12.4. The lowest BCUT2D eigenvalue weighted by Gasteiger charge is -2.16. The highest BCUT2D eigenvalue weighted by molar-refractivity contribution is 9.10. The first kappa shape index (κ1) is 23.8. The molecule has 0 amide bonds. The molecule has 1 saturated heterocycles. The van der Waals surface area contributed by atoms with Gasteiger partial charge in [0.1, 0.15) is 21.9 Å². The van der Waals surface area contributed by atoms with Crippen LogP contribution in [0.2, 0.25) is 5.02 Å². The number of sulfonamides is 1. The van der Waals surface area contributed by atoms with E-state index < -0.39 is 10.0 Å². The van der Waals surface area contributed by atoms with Crippen molar-refractivity contribution in [1.82, 2.24) is 4.90 Å². The van der Waals surface area contributed by atoms with Gasteiger partial charge in [0.25, 0.3) is 10.0 Å². The Hall–Kier alpha value is -1.30. The number of ether oxygens (including phenoxy) is 1. The summed E-state index contributed by atoms with van der Waals surface area (Å²) in [6.07, 6.45) is 0.907. The molecule has 0 bridgehead atoms. The first-order chi connectivity index (χ1) is 15.2. The number of anilines is 1. The quantitative estimate of drug-likeness (QED) is 0.355. The van der Waals surface area contributed by atoms with Gasteiger partial charge in [-0.2, -0.15) is 0 Å². The maximum absolute atomic E-state index is 13.1. The van der Waals surface area contributed by atoms with Crippen LogP contribution in [0.5, 0.6) is 5.75 Å². The van der Waals surface area contributed by atoms with Gasteiger partial charge in [-0.1, -0.05) is 23.4 Å². The van der Waals surface area contributed by atoms with Gasteiger partial charge in [-0.3, -0.25) is 4.72 Å². The number of thiophene rings is 1. The van der Waals surface area contributed by atoms with E-state index in [-0.39, 0.29) is 16.1 Å². The SMILES string of the molecule is CN1CC[C@@H](Oc2cc(NS(=O)(=O)c3cc(Br)c(Sc4ccc(F)cc4)s3)ccc2Cl)C1. The van der Waals surface area contributed by atoms with Crippen LogP contribution in [0.25, 0.3) is 0 Å². The molecule has 1 aromatic heterocycles. The molecular formula is C21H19BrClFN2O3S3. The predicted octanol–water partition coefficient (Wildman–Crippen LogP) is 6.34. The van der Waals surface area contributed by atoms with Crippen LogP contribution >= 0.6 is 50.6 Å². The van der Waals surface area contributed by atoms with Gasteiger partial charge in [0.2, 0.25) is 0 Å². The summed E-state index contributed by atoms with van der Waals surface area (Å²) in [7, 11) is -1.80. The monoisotopic (exact) mass is 576 g/mol. The third kappa shape index (κ3) is 5.78. The molecule has 1 atom stereocenters. The van der Waals surface area contributed by atoms with Crippen LogP contribution < -0.4 is 9.46 Å². The Morgan fingerprint density at radius 1 is 1.25 bits per heavy atom. The van der Waals surface area contributed by atoms with Crippen molar-refractivity contribution in [3.63, 3.8) is 0 Å². The van der Waals surface area contributed by atoms with Gasteiger partial charge in [0, 0.05) is 28.5 Å². The van der Waals surface area contributed by atoms with Crippen LogP contribution in [0.4, 0.5) is 10.1 Å². The van der Waals surface area contributed by atoms with Gasteiger partial charge in [0.05, 0.1) is 14.9 Å². The van der Waals surface area contributed by atoms with Gasteiger partial charge in [-0.15, -0.1) is 11.3 Å². The molecule has 170 valence electrons. The second-order valence-electron chi connectivity index (χ2n) is 7.30. The minimum atomic E-state index is -3.82. The van der Waals surface area contributed by atoms with E-state index in [4.69, 9.17) is 16.3 Å². The zero-order chi connectivity index (χ0) is 22.9. The molecule has 1 fully saturated rings. The minimum absolute atomic E-state index is 0.0173. The molecule has 4 rings (SSSR count). The molecule has 2 aromatic carbocycles. The Bertz CT molecular complexity index is 1220. The van der Waals surface area contributed by atoms with E-state index in [9.17, 15) is 12.8 Å². The van der Waals surface area contributed by atoms with Crippen LogP contribution in [0.1, 0.15) is 6.42 Å². The smallest absolute Gasteiger partial charge is 0.271 e. The summed E-state index contributed by atoms with van der Waals surface area (Å²) in [5.74, 6) is 0.130. The Kier molecular flexibility index (Phi) is 7.38. The molecule has 11 heteroatoms. The van der Waals surface area contributed by atoms with Crippen LogP contribution in [0.15, 0.2) is 66.3 Å². The third-order valence-corrected chi connectivity index (χ3v) is 10.4. The highest BCUT2D eigenvalue weighted by Gasteiger charge is 2.23. The zero-order valence-corrected chi connectivity index (χ0v) is 21.6. The lowest BCUT2D eigenvalue weighted by molar-refractivity contribution is 0.208. The summed E-state index contributed by atoms with van der Waals surface area (Å²) >= 11 is 12.2. The first-order valence-electron chi connectivity index (χ1n) is 9.60. The summed E-state index contributed by atoms with van der Waals surface area (Å²) in [6.45, 7) is 1.74. The largest absolute Gasteiger partial charge is 0.487 e. The van der Waals surface area contributed by atoms with E-state index in [0.29, 0.717) is 20.9 Å². The van der Waals surface area contributed by atoms with Crippen molar-refractivity contribution < 1.29 is 17.5 Å². The van der Waals surface area contributed by atoms with Crippen molar-refractivity contribution in [1.29, 1.82) is 0 Å². The molecule has 1 N–H and O–H groups in total. The van der Waals surface area contributed by atoms with Gasteiger partial charge in [-0.25, -0.2) is 12.8 Å². The van der Waals surface area contributed by atoms with Crippen molar-refractivity contribution in [3.8, 4) is 5.75 Å². The van der Waals surface area contributed by atoms with Crippen molar-refractivity contribution in [3.05, 3.63) is 63.8 Å². The highest BCUT2D eigenvalue weighted by Crippen LogP contribution is 2.42. The molecule has 0 spiro atoms. The second kappa shape index (κ2) is 9.90. The van der Waals surface area contributed by atoms with E-state index in [1.165, 1.54) is 23.9 Å². The third-order valence-electron chi connectivity index (χ3n) is 4.75. The first-order valence-corrected chi connectivity index (χ1v) is 13.9. The van der Waals surface area contributed by atoms with Crippen LogP contribution in [-0.4, -0.2) is 39.6 Å². The normalized spacial score (nSPS) is 16.9. The van der Waals surface area contributed by atoms with E-state index in [1.54, 1.807) is 36.4 Å². The molecule has 0 aliphatic carbocycles. The van der Waals surface area contributed by atoms with Crippen LogP contribution in [-0.2, 0) is 10.0 Å².